The monoisotopic (exact) mass is 192 g/mol. The molecule has 1 N–H and O–H groups in total. The lowest BCUT2D eigenvalue weighted by Gasteiger charge is -2.15. The molecule has 14 heavy (non-hydrogen) atoms. The van der Waals surface area contributed by atoms with Gasteiger partial charge in [0.15, 0.2) is 5.82 Å². The Morgan fingerprint density at radius 1 is 1.29 bits per heavy atom. The minimum absolute atomic E-state index is 0.243. The van der Waals surface area contributed by atoms with Crippen LogP contribution in [-0.4, -0.2) is 11.0 Å². The molecule has 1 heterocycles. The minimum Gasteiger partial charge on any atom is -0.380 e. The molecule has 2 atom stereocenters. The van der Waals surface area contributed by atoms with Gasteiger partial charge < -0.3 is 5.32 Å². The summed E-state index contributed by atoms with van der Waals surface area (Å²) in [5, 5.41) is 3.25. The number of anilines is 1. The highest BCUT2D eigenvalue weighted by Crippen LogP contribution is 2.52. The topological polar surface area (TPSA) is 24.9 Å². The van der Waals surface area contributed by atoms with E-state index < -0.39 is 0 Å². The van der Waals surface area contributed by atoms with E-state index in [1.807, 2.05) is 0 Å². The molecule has 3 heteroatoms. The van der Waals surface area contributed by atoms with Crippen molar-refractivity contribution in [1.29, 1.82) is 0 Å². The van der Waals surface area contributed by atoms with E-state index in [1.165, 1.54) is 25.5 Å². The van der Waals surface area contributed by atoms with Crippen LogP contribution in [0.2, 0.25) is 0 Å². The van der Waals surface area contributed by atoms with Crippen LogP contribution in [0.4, 0.5) is 10.1 Å². The Kier molecular flexibility index (Phi) is 1.72. The van der Waals surface area contributed by atoms with Crippen molar-refractivity contribution in [2.24, 2.45) is 11.8 Å². The number of hydrogen-bond acceptors (Lipinski definition) is 2. The SMILES string of the molecule is Fc1cnccc1NC1CC2CC2C1. The van der Waals surface area contributed by atoms with E-state index in [0.717, 1.165) is 11.8 Å². The first kappa shape index (κ1) is 8.21. The number of aromatic nitrogens is 1. The van der Waals surface area contributed by atoms with E-state index in [2.05, 4.69) is 10.3 Å². The van der Waals surface area contributed by atoms with Crippen LogP contribution in [0.1, 0.15) is 19.3 Å². The van der Waals surface area contributed by atoms with E-state index >= 15 is 0 Å². The van der Waals surface area contributed by atoms with Gasteiger partial charge in [0.25, 0.3) is 0 Å². The average Bonchev–Trinajstić information content (AvgIpc) is 2.79. The zero-order chi connectivity index (χ0) is 9.54. The van der Waals surface area contributed by atoms with Gasteiger partial charge in [0.1, 0.15) is 0 Å². The molecule has 2 aliphatic carbocycles. The molecule has 0 aliphatic heterocycles. The molecule has 2 unspecified atom stereocenters. The molecule has 0 bridgehead atoms. The lowest BCUT2D eigenvalue weighted by Crippen LogP contribution is -2.17. The van der Waals surface area contributed by atoms with Crippen molar-refractivity contribution in [3.8, 4) is 0 Å². The fraction of sp³-hybridized carbons (Fsp3) is 0.545. The summed E-state index contributed by atoms with van der Waals surface area (Å²) in [5.74, 6) is 1.61. The van der Waals surface area contributed by atoms with Crippen LogP contribution in [0.15, 0.2) is 18.5 Å². The van der Waals surface area contributed by atoms with Crippen LogP contribution in [0, 0.1) is 17.7 Å². The van der Waals surface area contributed by atoms with E-state index in [9.17, 15) is 4.39 Å². The number of pyridine rings is 1. The third-order valence-electron chi connectivity index (χ3n) is 3.38. The number of hydrogen-bond donors (Lipinski definition) is 1. The van der Waals surface area contributed by atoms with Crippen LogP contribution >= 0.6 is 0 Å². The maximum Gasteiger partial charge on any atom is 0.164 e. The summed E-state index contributed by atoms with van der Waals surface area (Å²) < 4.78 is 13.2. The van der Waals surface area contributed by atoms with Gasteiger partial charge in [0.2, 0.25) is 0 Å². The molecule has 74 valence electrons. The largest absolute Gasteiger partial charge is 0.380 e. The molecule has 0 aromatic carbocycles. The molecule has 2 saturated carbocycles. The quantitative estimate of drug-likeness (QED) is 0.778. The molecule has 1 aromatic heterocycles. The third kappa shape index (κ3) is 1.37. The van der Waals surface area contributed by atoms with Crippen molar-refractivity contribution in [3.63, 3.8) is 0 Å². The van der Waals surface area contributed by atoms with Crippen molar-refractivity contribution >= 4 is 5.69 Å². The van der Waals surface area contributed by atoms with Gasteiger partial charge >= 0.3 is 0 Å². The maximum absolute atomic E-state index is 13.2. The minimum atomic E-state index is -0.243. The lowest BCUT2D eigenvalue weighted by atomic mass is 10.1. The summed E-state index contributed by atoms with van der Waals surface area (Å²) in [6, 6.07) is 2.19. The van der Waals surface area contributed by atoms with Gasteiger partial charge in [-0.25, -0.2) is 4.39 Å². The van der Waals surface area contributed by atoms with Crippen LogP contribution in [-0.2, 0) is 0 Å². The zero-order valence-corrected chi connectivity index (χ0v) is 7.91. The standard InChI is InChI=1S/C11H13FN2/c12-10-6-13-2-1-11(10)14-9-4-7-3-8(7)5-9/h1-2,6-9H,3-5H2,(H,13,14). The number of fused-ring (bicyclic) bond motifs is 1. The second-order valence-electron chi connectivity index (χ2n) is 4.42. The van der Waals surface area contributed by atoms with Gasteiger partial charge in [0.05, 0.1) is 11.9 Å². The smallest absolute Gasteiger partial charge is 0.164 e. The van der Waals surface area contributed by atoms with E-state index in [1.54, 1.807) is 12.3 Å². The fourth-order valence-electron chi connectivity index (χ4n) is 2.54. The first-order chi connectivity index (χ1) is 6.83. The highest BCUT2D eigenvalue weighted by Gasteiger charge is 2.45. The van der Waals surface area contributed by atoms with Crippen molar-refractivity contribution in [2.45, 2.75) is 25.3 Å². The second-order valence-corrected chi connectivity index (χ2v) is 4.42. The fourth-order valence-corrected chi connectivity index (χ4v) is 2.54. The summed E-state index contributed by atoms with van der Waals surface area (Å²) in [6.45, 7) is 0. The molecule has 0 saturated heterocycles. The molecule has 3 rings (SSSR count). The first-order valence-electron chi connectivity index (χ1n) is 5.19. The molecule has 0 spiro atoms. The lowest BCUT2D eigenvalue weighted by molar-refractivity contribution is 0.607. The summed E-state index contributed by atoms with van der Waals surface area (Å²) in [7, 11) is 0. The highest BCUT2D eigenvalue weighted by atomic mass is 19.1. The number of nitrogens with one attached hydrogen (secondary N) is 1. The Labute approximate surface area is 82.5 Å². The first-order valence-corrected chi connectivity index (χ1v) is 5.19. The molecule has 2 aliphatic rings. The van der Waals surface area contributed by atoms with Gasteiger partial charge in [-0.1, -0.05) is 0 Å². The number of halogens is 1. The van der Waals surface area contributed by atoms with Crippen LogP contribution in [0.5, 0.6) is 0 Å². The van der Waals surface area contributed by atoms with Gasteiger partial charge in [-0.2, -0.15) is 0 Å². The molecule has 0 radical (unpaired) electrons. The average molecular weight is 192 g/mol. The second kappa shape index (κ2) is 2.94. The van der Waals surface area contributed by atoms with Crippen molar-refractivity contribution < 1.29 is 4.39 Å². The predicted octanol–water partition coefficient (Wildman–Crippen LogP) is 2.43. The molecule has 2 nitrogen and oxygen atoms in total. The Morgan fingerprint density at radius 3 is 2.79 bits per heavy atom. The normalized spacial score (nSPS) is 33.9. The summed E-state index contributed by atoms with van der Waals surface area (Å²) >= 11 is 0. The van der Waals surface area contributed by atoms with Gasteiger partial charge in [-0.3, -0.25) is 4.98 Å². The van der Waals surface area contributed by atoms with Crippen LogP contribution in [0.25, 0.3) is 0 Å². The Hall–Kier alpha value is -1.12. The van der Waals surface area contributed by atoms with Crippen LogP contribution < -0.4 is 5.32 Å². The van der Waals surface area contributed by atoms with Crippen LogP contribution in [0.3, 0.4) is 0 Å². The third-order valence-corrected chi connectivity index (χ3v) is 3.38. The summed E-state index contributed by atoms with van der Waals surface area (Å²) in [4.78, 5) is 3.73. The van der Waals surface area contributed by atoms with E-state index in [-0.39, 0.29) is 5.82 Å². The molecule has 1 aromatic rings. The molecule has 0 amide bonds. The summed E-state index contributed by atoms with van der Waals surface area (Å²) in [6.07, 6.45) is 6.72. The molecular weight excluding hydrogens is 179 g/mol. The Morgan fingerprint density at radius 2 is 2.07 bits per heavy atom. The van der Waals surface area contributed by atoms with E-state index in [0.29, 0.717) is 11.7 Å². The number of nitrogens with zero attached hydrogens (tertiary/aromatic N) is 1. The van der Waals surface area contributed by atoms with Crippen molar-refractivity contribution in [2.75, 3.05) is 5.32 Å². The maximum atomic E-state index is 13.2. The van der Waals surface area contributed by atoms with Crippen molar-refractivity contribution in [1.82, 2.24) is 4.98 Å². The predicted molar refractivity (Wildman–Crippen MR) is 52.4 cm³/mol. The van der Waals surface area contributed by atoms with Gasteiger partial charge in [-0.15, -0.1) is 0 Å². The van der Waals surface area contributed by atoms with Crippen molar-refractivity contribution in [3.05, 3.63) is 24.3 Å². The van der Waals surface area contributed by atoms with E-state index in [4.69, 9.17) is 0 Å². The summed E-state index contributed by atoms with van der Waals surface area (Å²) in [5.41, 5.74) is 0.603. The van der Waals surface area contributed by atoms with Gasteiger partial charge in [-0.05, 0) is 37.2 Å². The highest BCUT2D eigenvalue weighted by molar-refractivity contribution is 5.44. The Balaban J connectivity index is 1.69. The zero-order valence-electron chi connectivity index (χ0n) is 7.91. The van der Waals surface area contributed by atoms with Gasteiger partial charge in [0, 0.05) is 12.2 Å². The molecular formula is C11H13FN2. The number of rotatable bonds is 2. The Bertz CT molecular complexity index is 343. The molecule has 2 fully saturated rings.